The normalized spacial score (nSPS) is 17.7. The molecule has 0 amide bonds. The van der Waals surface area contributed by atoms with Crippen molar-refractivity contribution in [3.8, 4) is 5.75 Å². The van der Waals surface area contributed by atoms with Gasteiger partial charge in [-0.15, -0.1) is 0 Å². The molecular weight excluding hydrogens is 250 g/mol. The number of hydrogen-bond acceptors (Lipinski definition) is 4. The fraction of sp³-hybridized carbons (Fsp3) is 0.688. The van der Waals surface area contributed by atoms with E-state index in [4.69, 9.17) is 4.74 Å². The highest BCUT2D eigenvalue weighted by Crippen LogP contribution is 2.22. The van der Waals surface area contributed by atoms with Gasteiger partial charge in [-0.2, -0.15) is 0 Å². The zero-order chi connectivity index (χ0) is 14.2. The van der Waals surface area contributed by atoms with Crippen molar-refractivity contribution in [2.45, 2.75) is 45.6 Å². The van der Waals surface area contributed by atoms with Crippen molar-refractivity contribution in [2.24, 2.45) is 0 Å². The van der Waals surface area contributed by atoms with Gasteiger partial charge in [-0.05, 0) is 51.4 Å². The molecule has 0 radical (unpaired) electrons. The van der Waals surface area contributed by atoms with E-state index in [-0.39, 0.29) is 0 Å². The summed E-state index contributed by atoms with van der Waals surface area (Å²) in [5.41, 5.74) is 0. The number of nitrogens with zero attached hydrogens (tertiary/aromatic N) is 2. The molecule has 4 nitrogen and oxygen atoms in total. The van der Waals surface area contributed by atoms with Crippen LogP contribution in [0.1, 0.15) is 39.5 Å². The third-order valence-corrected chi connectivity index (χ3v) is 3.60. The van der Waals surface area contributed by atoms with Gasteiger partial charge in [0.15, 0.2) is 11.6 Å². The third-order valence-electron chi connectivity index (χ3n) is 3.60. The summed E-state index contributed by atoms with van der Waals surface area (Å²) in [6.45, 7) is 8.60. The Morgan fingerprint density at radius 1 is 1.35 bits per heavy atom. The third kappa shape index (κ3) is 4.67. The first-order valence-corrected chi connectivity index (χ1v) is 7.86. The molecule has 2 heterocycles. The summed E-state index contributed by atoms with van der Waals surface area (Å²) in [7, 11) is 0. The molecule has 0 saturated carbocycles. The summed E-state index contributed by atoms with van der Waals surface area (Å²) < 4.78 is 5.74. The maximum atomic E-state index is 5.74. The molecule has 1 saturated heterocycles. The molecule has 0 spiro atoms. The molecule has 1 fully saturated rings. The van der Waals surface area contributed by atoms with Gasteiger partial charge >= 0.3 is 0 Å². The SMILES string of the molecule is CCCOc1cccnc1NC(C)CN1CCCCC1. The molecule has 1 aliphatic rings. The predicted octanol–water partition coefficient (Wildman–Crippen LogP) is 3.16. The Labute approximate surface area is 122 Å². The van der Waals surface area contributed by atoms with E-state index < -0.39 is 0 Å². The number of rotatable bonds is 7. The van der Waals surface area contributed by atoms with Crippen LogP contribution in [0.4, 0.5) is 5.82 Å². The first-order valence-electron chi connectivity index (χ1n) is 7.86. The predicted molar refractivity (Wildman–Crippen MR) is 83.4 cm³/mol. The molecule has 1 aromatic heterocycles. The molecule has 0 bridgehead atoms. The molecule has 0 aromatic carbocycles. The minimum atomic E-state index is 0.381. The van der Waals surface area contributed by atoms with Gasteiger partial charge in [0.2, 0.25) is 0 Å². The number of piperidine rings is 1. The molecule has 1 N–H and O–H groups in total. The second-order valence-electron chi connectivity index (χ2n) is 5.61. The molecule has 1 aliphatic heterocycles. The molecule has 20 heavy (non-hydrogen) atoms. The van der Waals surface area contributed by atoms with Crippen LogP contribution in [-0.2, 0) is 0 Å². The van der Waals surface area contributed by atoms with Crippen molar-refractivity contribution in [3.63, 3.8) is 0 Å². The number of ether oxygens (including phenoxy) is 1. The van der Waals surface area contributed by atoms with Crippen LogP contribution in [0.3, 0.4) is 0 Å². The summed E-state index contributed by atoms with van der Waals surface area (Å²) in [6, 6.07) is 4.29. The number of aromatic nitrogens is 1. The Hall–Kier alpha value is -1.29. The van der Waals surface area contributed by atoms with Crippen molar-refractivity contribution < 1.29 is 4.74 Å². The van der Waals surface area contributed by atoms with Crippen LogP contribution >= 0.6 is 0 Å². The average Bonchev–Trinajstić information content (AvgIpc) is 2.47. The van der Waals surface area contributed by atoms with Crippen molar-refractivity contribution in [3.05, 3.63) is 18.3 Å². The molecule has 112 valence electrons. The Bertz CT molecular complexity index is 391. The van der Waals surface area contributed by atoms with E-state index in [2.05, 4.69) is 29.0 Å². The zero-order valence-electron chi connectivity index (χ0n) is 12.8. The summed E-state index contributed by atoms with van der Waals surface area (Å²) in [4.78, 5) is 6.95. The lowest BCUT2D eigenvalue weighted by Crippen LogP contribution is -2.38. The topological polar surface area (TPSA) is 37.4 Å². The van der Waals surface area contributed by atoms with Crippen LogP contribution in [0.25, 0.3) is 0 Å². The summed E-state index contributed by atoms with van der Waals surface area (Å²) >= 11 is 0. The van der Waals surface area contributed by atoms with Crippen LogP contribution in [0.5, 0.6) is 5.75 Å². The molecule has 1 unspecified atom stereocenters. The zero-order valence-corrected chi connectivity index (χ0v) is 12.8. The van der Waals surface area contributed by atoms with Crippen LogP contribution in [0, 0.1) is 0 Å². The van der Waals surface area contributed by atoms with E-state index in [1.165, 1.54) is 32.4 Å². The van der Waals surface area contributed by atoms with E-state index in [1.807, 2.05) is 18.3 Å². The highest BCUT2D eigenvalue weighted by atomic mass is 16.5. The van der Waals surface area contributed by atoms with Crippen molar-refractivity contribution in [2.75, 3.05) is 31.6 Å². The smallest absolute Gasteiger partial charge is 0.169 e. The summed E-state index contributed by atoms with van der Waals surface area (Å²) in [5.74, 6) is 1.73. The van der Waals surface area contributed by atoms with Gasteiger partial charge in [-0.25, -0.2) is 4.98 Å². The number of hydrogen-bond donors (Lipinski definition) is 1. The lowest BCUT2D eigenvalue weighted by molar-refractivity contribution is 0.223. The van der Waals surface area contributed by atoms with E-state index in [0.717, 1.165) is 31.1 Å². The Kier molecular flexibility index (Phi) is 6.12. The molecule has 0 aliphatic carbocycles. The van der Waals surface area contributed by atoms with E-state index in [0.29, 0.717) is 6.04 Å². The Balaban J connectivity index is 1.87. The lowest BCUT2D eigenvalue weighted by atomic mass is 10.1. The summed E-state index contributed by atoms with van der Waals surface area (Å²) in [5, 5.41) is 3.49. The highest BCUT2D eigenvalue weighted by molar-refractivity contribution is 5.50. The van der Waals surface area contributed by atoms with Crippen LogP contribution in [-0.4, -0.2) is 42.2 Å². The molecule has 1 aromatic rings. The van der Waals surface area contributed by atoms with Crippen LogP contribution in [0.2, 0.25) is 0 Å². The second kappa shape index (κ2) is 8.10. The van der Waals surface area contributed by atoms with E-state index >= 15 is 0 Å². The lowest BCUT2D eigenvalue weighted by Gasteiger charge is -2.29. The minimum Gasteiger partial charge on any atom is -0.490 e. The quantitative estimate of drug-likeness (QED) is 0.830. The number of pyridine rings is 1. The molecular formula is C16H27N3O. The van der Waals surface area contributed by atoms with Gasteiger partial charge in [-0.3, -0.25) is 0 Å². The Morgan fingerprint density at radius 2 is 2.15 bits per heavy atom. The van der Waals surface area contributed by atoms with Gasteiger partial charge in [0.05, 0.1) is 6.61 Å². The Morgan fingerprint density at radius 3 is 2.90 bits per heavy atom. The second-order valence-corrected chi connectivity index (χ2v) is 5.61. The minimum absolute atomic E-state index is 0.381. The first kappa shape index (κ1) is 15.1. The summed E-state index contributed by atoms with van der Waals surface area (Å²) in [6.07, 6.45) is 6.88. The fourth-order valence-electron chi connectivity index (χ4n) is 2.64. The molecule has 2 rings (SSSR count). The van der Waals surface area contributed by atoms with Crippen LogP contribution in [0.15, 0.2) is 18.3 Å². The fourth-order valence-corrected chi connectivity index (χ4v) is 2.64. The van der Waals surface area contributed by atoms with Crippen LogP contribution < -0.4 is 10.1 Å². The average molecular weight is 277 g/mol. The van der Waals surface area contributed by atoms with Gasteiger partial charge in [-0.1, -0.05) is 13.3 Å². The van der Waals surface area contributed by atoms with Crippen molar-refractivity contribution in [1.82, 2.24) is 9.88 Å². The maximum absolute atomic E-state index is 5.74. The largest absolute Gasteiger partial charge is 0.490 e. The van der Waals surface area contributed by atoms with Crippen molar-refractivity contribution in [1.29, 1.82) is 0 Å². The standard InChI is InChI=1S/C16H27N3O/c1-3-12-20-15-8-7-9-17-16(15)18-14(2)13-19-10-5-4-6-11-19/h7-9,14H,3-6,10-13H2,1-2H3,(H,17,18). The van der Waals surface area contributed by atoms with Gasteiger partial charge in [0.1, 0.15) is 0 Å². The van der Waals surface area contributed by atoms with E-state index in [1.54, 1.807) is 0 Å². The molecule has 1 atom stereocenters. The molecule has 4 heteroatoms. The highest BCUT2D eigenvalue weighted by Gasteiger charge is 2.14. The number of nitrogens with one attached hydrogen (secondary N) is 1. The first-order chi connectivity index (χ1) is 9.79. The number of likely N-dealkylation sites (tertiary alicyclic amines) is 1. The van der Waals surface area contributed by atoms with E-state index in [9.17, 15) is 0 Å². The van der Waals surface area contributed by atoms with Crippen molar-refractivity contribution >= 4 is 5.82 Å². The maximum Gasteiger partial charge on any atom is 0.169 e. The van der Waals surface area contributed by atoms with Gasteiger partial charge in [0, 0.05) is 18.8 Å². The van der Waals surface area contributed by atoms with Gasteiger partial charge in [0.25, 0.3) is 0 Å². The number of anilines is 1. The monoisotopic (exact) mass is 277 g/mol. The van der Waals surface area contributed by atoms with Gasteiger partial charge < -0.3 is 15.0 Å².